The van der Waals surface area contributed by atoms with E-state index in [9.17, 15) is 0 Å². The zero-order valence-corrected chi connectivity index (χ0v) is 11.9. The van der Waals surface area contributed by atoms with Gasteiger partial charge in [-0.05, 0) is 37.3 Å². The van der Waals surface area contributed by atoms with Gasteiger partial charge in [-0.15, -0.1) is 0 Å². The van der Waals surface area contributed by atoms with Crippen LogP contribution in [0.4, 0.5) is 5.82 Å². The second kappa shape index (κ2) is 5.40. The molecule has 2 aliphatic rings. The first kappa shape index (κ1) is 13.4. The number of pyridine rings is 1. The minimum absolute atomic E-state index is 0.123. The van der Waals surface area contributed by atoms with Crippen LogP contribution in [-0.2, 0) is 4.74 Å². The fourth-order valence-corrected chi connectivity index (χ4v) is 2.91. The van der Waals surface area contributed by atoms with Gasteiger partial charge >= 0.3 is 0 Å². The second-order valence-electron chi connectivity index (χ2n) is 6.07. The van der Waals surface area contributed by atoms with Crippen LogP contribution >= 0.6 is 0 Å². The lowest BCUT2D eigenvalue weighted by Crippen LogP contribution is -2.34. The zero-order chi connectivity index (χ0) is 14.0. The molecule has 0 aromatic carbocycles. The number of hydrogen-bond donors (Lipinski definition) is 2. The van der Waals surface area contributed by atoms with E-state index in [0.29, 0.717) is 18.6 Å². The van der Waals surface area contributed by atoms with Crippen molar-refractivity contribution in [3.63, 3.8) is 0 Å². The molecule has 1 aliphatic carbocycles. The first-order valence-corrected chi connectivity index (χ1v) is 7.27. The molecule has 0 amide bonds. The Morgan fingerprint density at radius 2 is 2.40 bits per heavy atom. The molecule has 20 heavy (non-hydrogen) atoms. The Kier molecular flexibility index (Phi) is 3.61. The van der Waals surface area contributed by atoms with Crippen molar-refractivity contribution in [2.45, 2.75) is 32.3 Å². The maximum Gasteiger partial charge on any atom is 0.194 e. The smallest absolute Gasteiger partial charge is 0.194 e. The van der Waals surface area contributed by atoms with Gasteiger partial charge in [0.25, 0.3) is 0 Å². The van der Waals surface area contributed by atoms with Crippen LogP contribution in [-0.4, -0.2) is 30.2 Å². The molecule has 0 radical (unpaired) electrons. The summed E-state index contributed by atoms with van der Waals surface area (Å²) in [4.78, 5) is 8.67. The van der Waals surface area contributed by atoms with Crippen molar-refractivity contribution in [3.05, 3.63) is 24.4 Å². The fraction of sp³-hybridized carbons (Fsp3) is 0.600. The molecule has 3 N–H and O–H groups in total. The van der Waals surface area contributed by atoms with Crippen molar-refractivity contribution in [2.24, 2.45) is 22.1 Å². The predicted molar refractivity (Wildman–Crippen MR) is 79.5 cm³/mol. The summed E-state index contributed by atoms with van der Waals surface area (Å²) < 4.78 is 5.90. The highest BCUT2D eigenvalue weighted by Crippen LogP contribution is 2.47. The van der Waals surface area contributed by atoms with Gasteiger partial charge in [0.2, 0.25) is 0 Å². The molecule has 0 bridgehead atoms. The number of ether oxygens (including phenoxy) is 1. The van der Waals surface area contributed by atoms with E-state index in [1.807, 2.05) is 18.2 Å². The number of anilines is 1. The molecule has 1 saturated heterocycles. The zero-order valence-electron chi connectivity index (χ0n) is 11.9. The largest absolute Gasteiger partial charge is 0.377 e. The van der Waals surface area contributed by atoms with Gasteiger partial charge in [0.15, 0.2) is 5.96 Å². The van der Waals surface area contributed by atoms with Crippen LogP contribution in [0.25, 0.3) is 0 Å². The molecule has 108 valence electrons. The van der Waals surface area contributed by atoms with E-state index in [-0.39, 0.29) is 5.41 Å². The summed E-state index contributed by atoms with van der Waals surface area (Å²) in [6.07, 6.45) is 5.74. The number of rotatable bonds is 4. The Balaban J connectivity index is 1.61. The van der Waals surface area contributed by atoms with E-state index in [4.69, 9.17) is 10.5 Å². The van der Waals surface area contributed by atoms with E-state index in [0.717, 1.165) is 24.8 Å². The van der Waals surface area contributed by atoms with E-state index in [2.05, 4.69) is 22.2 Å². The van der Waals surface area contributed by atoms with Gasteiger partial charge in [-0.1, -0.05) is 13.0 Å². The molecule has 2 heterocycles. The van der Waals surface area contributed by atoms with Gasteiger partial charge in [-0.2, -0.15) is 0 Å². The van der Waals surface area contributed by atoms with Gasteiger partial charge < -0.3 is 15.8 Å². The molecule has 1 aromatic rings. The average Bonchev–Trinajstić information content (AvgIpc) is 3.21. The summed E-state index contributed by atoms with van der Waals surface area (Å²) >= 11 is 0. The Labute approximate surface area is 119 Å². The maximum absolute atomic E-state index is 5.94. The van der Waals surface area contributed by atoms with Gasteiger partial charge in [0.1, 0.15) is 5.82 Å². The standard InChI is InChI=1S/C15H22N4O/c1-15(7-9-20-13(15)11-5-6-11)10-18-14(16)19-12-4-2-3-8-17-12/h2-4,8,11,13H,5-7,9-10H2,1H3,(H3,16,17,18,19). The van der Waals surface area contributed by atoms with E-state index in [1.165, 1.54) is 12.8 Å². The van der Waals surface area contributed by atoms with Gasteiger partial charge in [-0.3, -0.25) is 4.99 Å². The predicted octanol–water partition coefficient (Wildman–Crippen LogP) is 2.01. The lowest BCUT2D eigenvalue weighted by molar-refractivity contribution is 0.0425. The van der Waals surface area contributed by atoms with Crippen LogP contribution in [0.5, 0.6) is 0 Å². The number of aliphatic imine (C=N–C) groups is 1. The highest BCUT2D eigenvalue weighted by atomic mass is 16.5. The molecule has 2 atom stereocenters. The van der Waals surface area contributed by atoms with Crippen molar-refractivity contribution in [3.8, 4) is 0 Å². The number of hydrogen-bond acceptors (Lipinski definition) is 3. The summed E-state index contributed by atoms with van der Waals surface area (Å²) in [7, 11) is 0. The van der Waals surface area contributed by atoms with Crippen molar-refractivity contribution in [1.82, 2.24) is 4.98 Å². The first-order valence-electron chi connectivity index (χ1n) is 7.27. The molecular formula is C15H22N4O. The summed E-state index contributed by atoms with van der Waals surface area (Å²) in [5, 5.41) is 3.02. The summed E-state index contributed by atoms with van der Waals surface area (Å²) in [6.45, 7) is 3.82. The minimum atomic E-state index is 0.123. The van der Waals surface area contributed by atoms with Crippen LogP contribution in [0, 0.1) is 11.3 Å². The van der Waals surface area contributed by atoms with E-state index < -0.39 is 0 Å². The molecule has 5 heteroatoms. The summed E-state index contributed by atoms with van der Waals surface area (Å²) in [5.74, 6) is 1.88. The van der Waals surface area contributed by atoms with E-state index in [1.54, 1.807) is 6.20 Å². The molecule has 1 aromatic heterocycles. The van der Waals surface area contributed by atoms with Gasteiger partial charge in [0, 0.05) is 18.2 Å². The molecule has 5 nitrogen and oxygen atoms in total. The molecular weight excluding hydrogens is 252 g/mol. The number of guanidine groups is 1. The minimum Gasteiger partial charge on any atom is -0.377 e. The Morgan fingerprint density at radius 3 is 3.10 bits per heavy atom. The average molecular weight is 274 g/mol. The monoisotopic (exact) mass is 274 g/mol. The van der Waals surface area contributed by atoms with Crippen LogP contribution < -0.4 is 11.1 Å². The molecule has 2 unspecified atom stereocenters. The Morgan fingerprint density at radius 1 is 1.55 bits per heavy atom. The highest BCUT2D eigenvalue weighted by molar-refractivity contribution is 5.91. The summed E-state index contributed by atoms with van der Waals surface area (Å²) in [5.41, 5.74) is 6.06. The normalized spacial score (nSPS) is 30.4. The quantitative estimate of drug-likeness (QED) is 0.651. The molecule has 2 fully saturated rings. The third-order valence-electron chi connectivity index (χ3n) is 4.24. The topological polar surface area (TPSA) is 72.5 Å². The molecule has 1 saturated carbocycles. The number of nitrogens with one attached hydrogen (secondary N) is 1. The SMILES string of the molecule is CC1(CN=C(N)Nc2ccccn2)CCOC1C1CC1. The van der Waals surface area contributed by atoms with Crippen molar-refractivity contribution in [1.29, 1.82) is 0 Å². The van der Waals surface area contributed by atoms with Crippen LogP contribution in [0.1, 0.15) is 26.2 Å². The molecule has 0 spiro atoms. The van der Waals surface area contributed by atoms with Crippen molar-refractivity contribution >= 4 is 11.8 Å². The summed E-state index contributed by atoms with van der Waals surface area (Å²) in [6, 6.07) is 5.66. The fourth-order valence-electron chi connectivity index (χ4n) is 2.91. The van der Waals surface area contributed by atoms with Crippen LogP contribution in [0.3, 0.4) is 0 Å². The number of nitrogens with zero attached hydrogens (tertiary/aromatic N) is 2. The highest BCUT2D eigenvalue weighted by Gasteiger charge is 2.47. The van der Waals surface area contributed by atoms with Gasteiger partial charge in [0.05, 0.1) is 12.6 Å². The van der Waals surface area contributed by atoms with Crippen LogP contribution in [0.15, 0.2) is 29.4 Å². The lowest BCUT2D eigenvalue weighted by Gasteiger charge is -2.28. The second-order valence-corrected chi connectivity index (χ2v) is 6.07. The maximum atomic E-state index is 5.94. The van der Waals surface area contributed by atoms with Gasteiger partial charge in [-0.25, -0.2) is 4.98 Å². The van der Waals surface area contributed by atoms with Crippen molar-refractivity contribution < 1.29 is 4.74 Å². The Hall–Kier alpha value is -1.62. The first-order chi connectivity index (χ1) is 9.67. The number of aromatic nitrogens is 1. The number of nitrogens with two attached hydrogens (primary N) is 1. The molecule has 3 rings (SSSR count). The van der Waals surface area contributed by atoms with E-state index >= 15 is 0 Å². The van der Waals surface area contributed by atoms with Crippen LogP contribution in [0.2, 0.25) is 0 Å². The molecule has 1 aliphatic heterocycles. The lowest BCUT2D eigenvalue weighted by atomic mass is 9.81. The third kappa shape index (κ3) is 2.93. The van der Waals surface area contributed by atoms with Crippen molar-refractivity contribution in [2.75, 3.05) is 18.5 Å². The Bertz CT molecular complexity index is 486. The third-order valence-corrected chi connectivity index (χ3v) is 4.24.